The Morgan fingerprint density at radius 2 is 1.74 bits per heavy atom. The first kappa shape index (κ1) is 27.4. The van der Waals surface area contributed by atoms with Crippen molar-refractivity contribution in [3.63, 3.8) is 0 Å². The van der Waals surface area contributed by atoms with Crippen LogP contribution in [0.25, 0.3) is 0 Å². The quantitative estimate of drug-likeness (QED) is 0.434. The van der Waals surface area contributed by atoms with E-state index in [1.165, 1.54) is 37.7 Å². The maximum Gasteiger partial charge on any atom is 0.232 e. The summed E-state index contributed by atoms with van der Waals surface area (Å²) < 4.78 is 5.70. The van der Waals surface area contributed by atoms with Crippen molar-refractivity contribution in [2.45, 2.75) is 70.3 Å². The van der Waals surface area contributed by atoms with Gasteiger partial charge in [0, 0.05) is 61.9 Å². The topological polar surface area (TPSA) is 65.5 Å². The molecule has 0 unspecified atom stereocenters. The second-order valence-electron chi connectivity index (χ2n) is 11.3. The molecule has 0 aliphatic carbocycles. The van der Waals surface area contributed by atoms with Gasteiger partial charge >= 0.3 is 0 Å². The van der Waals surface area contributed by atoms with Crippen molar-refractivity contribution in [2.24, 2.45) is 5.92 Å². The molecule has 9 heteroatoms. The van der Waals surface area contributed by atoms with E-state index in [0.29, 0.717) is 23.6 Å². The van der Waals surface area contributed by atoms with Crippen LogP contribution in [0, 0.1) is 5.92 Å². The zero-order valence-corrected chi connectivity index (χ0v) is 24.3. The predicted octanol–water partition coefficient (Wildman–Crippen LogP) is 5.78. The third-order valence-corrected chi connectivity index (χ3v) is 9.12. The smallest absolute Gasteiger partial charge is 0.232 e. The lowest BCUT2D eigenvalue weighted by Crippen LogP contribution is -2.45. The van der Waals surface area contributed by atoms with Crippen molar-refractivity contribution < 1.29 is 4.74 Å². The van der Waals surface area contributed by atoms with Crippen molar-refractivity contribution in [1.29, 1.82) is 0 Å². The van der Waals surface area contributed by atoms with E-state index in [1.807, 2.05) is 12.1 Å². The molecule has 3 fully saturated rings. The number of ether oxygens (including phenoxy) is 1. The van der Waals surface area contributed by atoms with E-state index in [1.54, 1.807) is 0 Å². The Bertz CT molecular complexity index is 1080. The summed E-state index contributed by atoms with van der Waals surface area (Å²) in [6.45, 7) is 9.91. The summed E-state index contributed by atoms with van der Waals surface area (Å²) in [4.78, 5) is 14.7. The molecule has 5 rings (SSSR count). The van der Waals surface area contributed by atoms with E-state index in [2.05, 4.69) is 52.5 Å². The number of hydrogen-bond donors (Lipinski definition) is 2. The molecule has 4 heterocycles. The van der Waals surface area contributed by atoms with Gasteiger partial charge in [0.2, 0.25) is 5.95 Å². The number of hydrogen-bond acceptors (Lipinski definition) is 6. The van der Waals surface area contributed by atoms with Crippen LogP contribution in [0.3, 0.4) is 0 Å². The van der Waals surface area contributed by atoms with Crippen LogP contribution in [0.15, 0.2) is 30.3 Å². The Morgan fingerprint density at radius 1 is 1.03 bits per heavy atom. The minimum atomic E-state index is -0.0594. The van der Waals surface area contributed by atoms with Crippen molar-refractivity contribution >= 4 is 46.5 Å². The molecule has 2 aromatic rings. The van der Waals surface area contributed by atoms with E-state index < -0.39 is 0 Å². The van der Waals surface area contributed by atoms with Crippen LogP contribution >= 0.6 is 23.8 Å². The molecule has 2 N–H and O–H groups in total. The molecule has 0 amide bonds. The minimum absolute atomic E-state index is 0.0594. The summed E-state index contributed by atoms with van der Waals surface area (Å²) in [5.41, 5.74) is 1.20. The van der Waals surface area contributed by atoms with E-state index >= 15 is 0 Å². The SMILES string of the molecule is CC1CCN(c2cc(N3CCCC[C@@H]3C)nc(NC(=S)NCC3(c4ccc(Cl)cc4)CCOCC3)n2)CC1. The van der Waals surface area contributed by atoms with Crippen LogP contribution in [0.1, 0.15) is 64.4 Å². The first-order valence-corrected chi connectivity index (χ1v) is 15.0. The van der Waals surface area contributed by atoms with Gasteiger partial charge in [-0.15, -0.1) is 0 Å². The Morgan fingerprint density at radius 3 is 2.45 bits per heavy atom. The van der Waals surface area contributed by atoms with Crippen molar-refractivity contribution in [1.82, 2.24) is 15.3 Å². The number of piperidine rings is 2. The minimum Gasteiger partial charge on any atom is -0.381 e. The zero-order chi connectivity index (χ0) is 26.5. The summed E-state index contributed by atoms with van der Waals surface area (Å²) in [6, 6.07) is 10.8. The highest BCUT2D eigenvalue weighted by Crippen LogP contribution is 2.35. The summed E-state index contributed by atoms with van der Waals surface area (Å²) in [5, 5.41) is 8.12. The number of benzene rings is 1. The highest BCUT2D eigenvalue weighted by molar-refractivity contribution is 7.80. The summed E-state index contributed by atoms with van der Waals surface area (Å²) in [5.74, 6) is 3.32. The Hall–Kier alpha value is -2.16. The summed E-state index contributed by atoms with van der Waals surface area (Å²) >= 11 is 12.0. The second kappa shape index (κ2) is 12.3. The predicted molar refractivity (Wildman–Crippen MR) is 161 cm³/mol. The average molecular weight is 557 g/mol. The molecule has 0 saturated carbocycles. The van der Waals surface area contributed by atoms with Crippen molar-refractivity contribution in [2.75, 3.05) is 54.5 Å². The van der Waals surface area contributed by atoms with E-state index in [0.717, 1.165) is 68.3 Å². The fourth-order valence-corrected chi connectivity index (χ4v) is 6.28. The largest absolute Gasteiger partial charge is 0.381 e. The fraction of sp³-hybridized carbons (Fsp3) is 0.621. The standard InChI is InChI=1S/C29H41ClN6OS/c1-21-10-15-35(16-11-21)25-19-26(36-14-4-3-5-22(36)2)33-27(32-25)34-28(38)31-20-29(12-17-37-18-13-29)23-6-8-24(30)9-7-23/h6-9,19,21-22H,3-5,10-18,20H2,1-2H3,(H2,31,32,33,34,38)/t22-/m0/s1. The molecular weight excluding hydrogens is 516 g/mol. The van der Waals surface area contributed by atoms with Gasteiger partial charge in [0.1, 0.15) is 11.6 Å². The Balaban J connectivity index is 1.33. The van der Waals surface area contributed by atoms with E-state index in [4.69, 9.17) is 38.5 Å². The van der Waals surface area contributed by atoms with Crippen LogP contribution in [0.2, 0.25) is 5.02 Å². The summed E-state index contributed by atoms with van der Waals surface area (Å²) in [6.07, 6.45) is 7.92. The van der Waals surface area contributed by atoms with Gasteiger partial charge in [0.25, 0.3) is 0 Å². The van der Waals surface area contributed by atoms with E-state index in [9.17, 15) is 0 Å². The maximum absolute atomic E-state index is 6.18. The number of aromatic nitrogens is 2. The molecular formula is C29H41ClN6OS. The number of rotatable bonds is 6. The first-order chi connectivity index (χ1) is 18.4. The Kier molecular flexibility index (Phi) is 8.91. The summed E-state index contributed by atoms with van der Waals surface area (Å²) in [7, 11) is 0. The van der Waals surface area contributed by atoms with Gasteiger partial charge in [-0.05, 0) is 87.7 Å². The number of anilines is 3. The number of halogens is 1. The van der Waals surface area contributed by atoms with Gasteiger partial charge in [-0.1, -0.05) is 30.7 Å². The van der Waals surface area contributed by atoms with Gasteiger partial charge in [-0.3, -0.25) is 0 Å². The monoisotopic (exact) mass is 556 g/mol. The van der Waals surface area contributed by atoms with Crippen LogP contribution in [0.5, 0.6) is 0 Å². The fourth-order valence-electron chi connectivity index (χ4n) is 5.99. The lowest BCUT2D eigenvalue weighted by Gasteiger charge is -2.38. The average Bonchev–Trinajstić information content (AvgIpc) is 2.93. The lowest BCUT2D eigenvalue weighted by molar-refractivity contribution is 0.0515. The molecule has 3 aliphatic rings. The Labute approximate surface area is 237 Å². The highest BCUT2D eigenvalue weighted by Gasteiger charge is 2.34. The zero-order valence-electron chi connectivity index (χ0n) is 22.7. The van der Waals surface area contributed by atoms with Crippen molar-refractivity contribution in [3.05, 3.63) is 40.9 Å². The number of nitrogens with one attached hydrogen (secondary N) is 2. The molecule has 1 aromatic heterocycles. The van der Waals surface area contributed by atoms with Gasteiger partial charge in [0.05, 0.1) is 0 Å². The normalized spacial score (nSPS) is 22.2. The van der Waals surface area contributed by atoms with Crippen LogP contribution in [0.4, 0.5) is 17.6 Å². The molecule has 1 atom stereocenters. The molecule has 0 radical (unpaired) electrons. The lowest BCUT2D eigenvalue weighted by atomic mass is 9.74. The van der Waals surface area contributed by atoms with Gasteiger partial charge in [-0.2, -0.15) is 9.97 Å². The molecule has 7 nitrogen and oxygen atoms in total. The maximum atomic E-state index is 6.18. The third kappa shape index (κ3) is 6.52. The van der Waals surface area contributed by atoms with Gasteiger partial charge in [0.15, 0.2) is 5.11 Å². The molecule has 206 valence electrons. The third-order valence-electron chi connectivity index (χ3n) is 8.62. The molecule has 0 spiro atoms. The molecule has 1 aromatic carbocycles. The number of nitrogens with zero attached hydrogens (tertiary/aromatic N) is 4. The highest BCUT2D eigenvalue weighted by atomic mass is 35.5. The van der Waals surface area contributed by atoms with Gasteiger partial charge in [-0.25, -0.2) is 0 Å². The van der Waals surface area contributed by atoms with E-state index in [-0.39, 0.29) is 5.41 Å². The van der Waals surface area contributed by atoms with Gasteiger partial charge < -0.3 is 25.2 Å². The van der Waals surface area contributed by atoms with Crippen LogP contribution in [-0.4, -0.2) is 60.5 Å². The van der Waals surface area contributed by atoms with Crippen LogP contribution < -0.4 is 20.4 Å². The van der Waals surface area contributed by atoms with Crippen molar-refractivity contribution in [3.8, 4) is 0 Å². The first-order valence-electron chi connectivity index (χ1n) is 14.2. The van der Waals surface area contributed by atoms with Crippen LogP contribution in [-0.2, 0) is 10.2 Å². The number of thiocarbonyl (C=S) groups is 1. The molecule has 38 heavy (non-hydrogen) atoms. The second-order valence-corrected chi connectivity index (χ2v) is 12.2. The molecule has 0 bridgehead atoms. The molecule has 3 aliphatic heterocycles. The molecule has 3 saturated heterocycles.